The van der Waals surface area contributed by atoms with Gasteiger partial charge in [0.2, 0.25) is 12.1 Å². The second-order valence-electron chi connectivity index (χ2n) is 4.33. The van der Waals surface area contributed by atoms with Gasteiger partial charge >= 0.3 is 12.2 Å². The highest BCUT2D eigenvalue weighted by molar-refractivity contribution is 5.52. The van der Waals surface area contributed by atoms with Crippen molar-refractivity contribution in [2.75, 3.05) is 5.32 Å². The van der Waals surface area contributed by atoms with Gasteiger partial charge in [-0.25, -0.2) is 0 Å². The maximum atomic E-state index is 12.0. The number of anilines is 1. The summed E-state index contributed by atoms with van der Waals surface area (Å²) >= 11 is 0. The van der Waals surface area contributed by atoms with Crippen LogP contribution in [0.25, 0.3) is 0 Å². The number of aromatic nitrogens is 2. The molecule has 0 atom stereocenters. The minimum atomic E-state index is -4.74. The molecule has 22 heavy (non-hydrogen) atoms. The number of benzene rings is 1. The van der Waals surface area contributed by atoms with E-state index in [1.165, 1.54) is 35.2 Å². The monoisotopic (exact) mass is 316 g/mol. The average Bonchev–Trinajstić information content (AvgIpc) is 2.78. The van der Waals surface area contributed by atoms with Gasteiger partial charge < -0.3 is 20.2 Å². The molecule has 10 heteroatoms. The first kappa shape index (κ1) is 15.6. The molecule has 1 N–H and O–H groups in total. The molecule has 2 rings (SSSR count). The number of nitrogens with one attached hydrogen (secondary N) is 1. The molecule has 0 bridgehead atoms. The number of nitrogens with zero attached hydrogens (tertiary/aromatic N) is 3. The van der Waals surface area contributed by atoms with E-state index in [1.807, 2.05) is 0 Å². The molecule has 0 spiro atoms. The number of hydrogen-bond acceptors (Lipinski definition) is 5. The number of rotatable bonds is 5. The van der Waals surface area contributed by atoms with Crippen molar-refractivity contribution in [1.82, 2.24) is 9.55 Å². The summed E-state index contributed by atoms with van der Waals surface area (Å²) in [7, 11) is 1.59. The van der Waals surface area contributed by atoms with Crippen molar-refractivity contribution in [2.45, 2.75) is 12.9 Å². The molecule has 118 valence electrons. The van der Waals surface area contributed by atoms with E-state index < -0.39 is 11.3 Å². The fourth-order valence-corrected chi connectivity index (χ4v) is 1.75. The Morgan fingerprint density at radius 1 is 1.36 bits per heavy atom. The molecule has 1 aromatic heterocycles. The van der Waals surface area contributed by atoms with Crippen molar-refractivity contribution in [3.63, 3.8) is 0 Å². The van der Waals surface area contributed by atoms with E-state index >= 15 is 0 Å². The molecule has 0 aliphatic heterocycles. The molecule has 2 aromatic rings. The normalized spacial score (nSPS) is 11.3. The van der Waals surface area contributed by atoms with Crippen LogP contribution >= 0.6 is 0 Å². The second-order valence-corrected chi connectivity index (χ2v) is 4.33. The summed E-state index contributed by atoms with van der Waals surface area (Å²) in [4.78, 5) is 13.8. The predicted molar refractivity (Wildman–Crippen MR) is 70.3 cm³/mol. The SMILES string of the molecule is Cn1cnc([N+](=O)[O-])c1NCc1ccc(OC(F)(F)F)cc1. The molecule has 1 heterocycles. The molecular formula is C12H11F3N4O3. The first-order chi connectivity index (χ1) is 10.3. The molecule has 0 fully saturated rings. The average molecular weight is 316 g/mol. The van der Waals surface area contributed by atoms with Gasteiger partial charge in [-0.3, -0.25) is 4.57 Å². The van der Waals surface area contributed by atoms with Crippen LogP contribution in [0.2, 0.25) is 0 Å². The lowest BCUT2D eigenvalue weighted by Gasteiger charge is -2.10. The predicted octanol–water partition coefficient (Wildman–Crippen LogP) is 2.84. The third kappa shape index (κ3) is 3.87. The fourth-order valence-electron chi connectivity index (χ4n) is 1.75. The van der Waals surface area contributed by atoms with Crippen LogP contribution in [0.5, 0.6) is 5.75 Å². The molecule has 7 nitrogen and oxygen atoms in total. The standard InChI is InChI=1S/C12H11F3N4O3/c1-18-7-17-11(19(20)21)10(18)16-6-8-2-4-9(5-3-8)22-12(13,14)15/h2-5,7,16H,6H2,1H3. The van der Waals surface area contributed by atoms with E-state index in [9.17, 15) is 23.3 Å². The van der Waals surface area contributed by atoms with Gasteiger partial charge in [0, 0.05) is 13.6 Å². The summed E-state index contributed by atoms with van der Waals surface area (Å²) in [5.74, 6) is -0.442. The van der Waals surface area contributed by atoms with Crippen molar-refractivity contribution < 1.29 is 22.8 Å². The number of ether oxygens (including phenoxy) is 1. The Morgan fingerprint density at radius 3 is 2.55 bits per heavy atom. The quantitative estimate of drug-likeness (QED) is 0.677. The van der Waals surface area contributed by atoms with Crippen LogP contribution < -0.4 is 10.1 Å². The lowest BCUT2D eigenvalue weighted by atomic mass is 10.2. The highest BCUT2D eigenvalue weighted by atomic mass is 19.4. The zero-order chi connectivity index (χ0) is 16.3. The Morgan fingerprint density at radius 2 is 2.00 bits per heavy atom. The Bertz CT molecular complexity index is 667. The lowest BCUT2D eigenvalue weighted by Crippen LogP contribution is -2.17. The van der Waals surface area contributed by atoms with Crippen LogP contribution in [0.3, 0.4) is 0 Å². The van der Waals surface area contributed by atoms with E-state index in [2.05, 4.69) is 15.0 Å². The van der Waals surface area contributed by atoms with Crippen molar-refractivity contribution in [1.29, 1.82) is 0 Å². The van der Waals surface area contributed by atoms with Crippen LogP contribution in [-0.2, 0) is 13.6 Å². The second kappa shape index (κ2) is 5.92. The zero-order valence-electron chi connectivity index (χ0n) is 11.3. The summed E-state index contributed by atoms with van der Waals surface area (Å²) < 4.78 is 41.3. The minimum Gasteiger partial charge on any atom is -0.406 e. The van der Waals surface area contributed by atoms with Gasteiger partial charge in [-0.2, -0.15) is 0 Å². The largest absolute Gasteiger partial charge is 0.573 e. The van der Waals surface area contributed by atoms with Crippen LogP contribution in [0.1, 0.15) is 5.56 Å². The molecule has 0 saturated heterocycles. The van der Waals surface area contributed by atoms with Crippen molar-refractivity contribution >= 4 is 11.6 Å². The third-order valence-electron chi connectivity index (χ3n) is 2.71. The van der Waals surface area contributed by atoms with E-state index in [1.54, 1.807) is 7.05 Å². The lowest BCUT2D eigenvalue weighted by molar-refractivity contribution is -0.388. The van der Waals surface area contributed by atoms with Gasteiger partial charge in [-0.05, 0) is 27.6 Å². The molecule has 0 amide bonds. The van der Waals surface area contributed by atoms with E-state index in [0.29, 0.717) is 5.56 Å². The maximum absolute atomic E-state index is 12.0. The first-order valence-electron chi connectivity index (χ1n) is 6.00. The van der Waals surface area contributed by atoms with Gasteiger partial charge in [-0.15, -0.1) is 13.2 Å². The molecule has 0 saturated carbocycles. The highest BCUT2D eigenvalue weighted by Crippen LogP contribution is 2.24. The van der Waals surface area contributed by atoms with Gasteiger partial charge in [0.1, 0.15) is 5.75 Å². The van der Waals surface area contributed by atoms with E-state index in [0.717, 1.165) is 0 Å². The topological polar surface area (TPSA) is 82.2 Å². The van der Waals surface area contributed by atoms with Gasteiger partial charge in [0.05, 0.1) is 0 Å². The summed E-state index contributed by atoms with van der Waals surface area (Å²) in [5.41, 5.74) is 0.630. The zero-order valence-corrected chi connectivity index (χ0v) is 11.3. The number of halogens is 3. The van der Waals surface area contributed by atoms with Crippen molar-refractivity contribution in [3.8, 4) is 5.75 Å². The van der Waals surface area contributed by atoms with E-state index in [-0.39, 0.29) is 23.9 Å². The Labute approximate surface area is 122 Å². The van der Waals surface area contributed by atoms with Crippen LogP contribution in [-0.4, -0.2) is 20.8 Å². The number of hydrogen-bond donors (Lipinski definition) is 1. The Balaban J connectivity index is 2.03. The number of nitro groups is 1. The number of aryl methyl sites for hydroxylation is 1. The molecular weight excluding hydrogens is 305 g/mol. The summed E-state index contributed by atoms with van der Waals surface area (Å²) in [5, 5.41) is 13.6. The van der Waals surface area contributed by atoms with Crippen molar-refractivity contribution in [2.24, 2.45) is 7.05 Å². The summed E-state index contributed by atoms with van der Waals surface area (Å²) in [6, 6.07) is 5.19. The highest BCUT2D eigenvalue weighted by Gasteiger charge is 2.30. The van der Waals surface area contributed by atoms with Crippen LogP contribution in [0.15, 0.2) is 30.6 Å². The minimum absolute atomic E-state index is 0.187. The fraction of sp³-hybridized carbons (Fsp3) is 0.250. The smallest absolute Gasteiger partial charge is 0.406 e. The molecule has 0 aliphatic carbocycles. The molecule has 0 aliphatic rings. The third-order valence-corrected chi connectivity index (χ3v) is 2.71. The molecule has 0 radical (unpaired) electrons. The number of alkyl halides is 3. The van der Waals surface area contributed by atoms with Gasteiger partial charge in [0.25, 0.3) is 0 Å². The maximum Gasteiger partial charge on any atom is 0.573 e. The van der Waals surface area contributed by atoms with Gasteiger partial charge in [0.15, 0.2) is 0 Å². The van der Waals surface area contributed by atoms with Crippen LogP contribution in [0, 0.1) is 10.1 Å². The number of imidazole rings is 1. The summed E-state index contributed by atoms with van der Waals surface area (Å²) in [6.07, 6.45) is -3.45. The van der Waals surface area contributed by atoms with Gasteiger partial charge in [-0.1, -0.05) is 12.1 Å². The molecule has 1 aromatic carbocycles. The first-order valence-corrected chi connectivity index (χ1v) is 6.00. The van der Waals surface area contributed by atoms with E-state index in [4.69, 9.17) is 0 Å². The van der Waals surface area contributed by atoms with Crippen LogP contribution in [0.4, 0.5) is 24.8 Å². The van der Waals surface area contributed by atoms with Crippen molar-refractivity contribution in [3.05, 3.63) is 46.3 Å². The summed E-state index contributed by atoms with van der Waals surface area (Å²) in [6.45, 7) is 0.187. The Kier molecular flexibility index (Phi) is 4.20. The molecule has 0 unspecified atom stereocenters. The Hall–Kier alpha value is -2.78.